The van der Waals surface area contributed by atoms with Gasteiger partial charge in [-0.25, -0.2) is 0 Å². The van der Waals surface area contributed by atoms with Crippen LogP contribution in [-0.4, -0.2) is 45.7 Å². The number of carbonyl (C=O) groups is 2. The first-order valence-electron chi connectivity index (χ1n) is 6.45. The van der Waals surface area contributed by atoms with Gasteiger partial charge in [0.25, 0.3) is 5.91 Å². The molecular formula is C14H18N2O4. The Balaban J connectivity index is 2.00. The maximum atomic E-state index is 12.0. The Bertz CT molecular complexity index is 516. The fraction of sp³-hybridized carbons (Fsp3) is 0.429. The number of rotatable bonds is 4. The average molecular weight is 278 g/mol. The normalized spacial score (nSPS) is 13.2. The molecule has 1 heterocycles. The average Bonchev–Trinajstić information content (AvgIpc) is 2.47. The molecule has 108 valence electrons. The van der Waals surface area contributed by atoms with Crippen molar-refractivity contribution in [1.82, 2.24) is 5.32 Å². The quantitative estimate of drug-likeness (QED) is 0.825. The van der Waals surface area contributed by atoms with Crippen LogP contribution in [0.25, 0.3) is 0 Å². The minimum absolute atomic E-state index is 0.163. The Labute approximate surface area is 117 Å². The van der Waals surface area contributed by atoms with E-state index in [2.05, 4.69) is 10.1 Å². The lowest BCUT2D eigenvalue weighted by Crippen LogP contribution is -2.30. The number of methoxy groups -OCH3 is 1. The second-order valence-electron chi connectivity index (χ2n) is 4.53. The van der Waals surface area contributed by atoms with E-state index >= 15 is 0 Å². The van der Waals surface area contributed by atoms with Crippen LogP contribution in [0.1, 0.15) is 16.8 Å². The lowest BCUT2D eigenvalue weighted by atomic mass is 10.1. The summed E-state index contributed by atoms with van der Waals surface area (Å²) in [6, 6.07) is 5.30. The zero-order chi connectivity index (χ0) is 14.5. The number of carbonyl (C=O) groups excluding carboxylic acids is 2. The van der Waals surface area contributed by atoms with E-state index in [0.29, 0.717) is 12.2 Å². The number of anilines is 1. The third-order valence-corrected chi connectivity index (χ3v) is 3.16. The van der Waals surface area contributed by atoms with Gasteiger partial charge >= 0.3 is 5.97 Å². The molecule has 0 aromatic heterocycles. The van der Waals surface area contributed by atoms with Crippen LogP contribution < -0.4 is 15.0 Å². The van der Waals surface area contributed by atoms with E-state index in [1.807, 2.05) is 11.9 Å². The summed E-state index contributed by atoms with van der Waals surface area (Å²) in [6.07, 6.45) is 0.163. The first-order valence-corrected chi connectivity index (χ1v) is 6.45. The Hall–Kier alpha value is -2.24. The molecule has 0 bridgehead atoms. The number of likely N-dealkylation sites (N-methyl/N-ethyl adjacent to an activating group) is 1. The number of fused-ring (bicyclic) bond motifs is 1. The van der Waals surface area contributed by atoms with Gasteiger partial charge in [-0.05, 0) is 18.2 Å². The first-order chi connectivity index (χ1) is 9.61. The van der Waals surface area contributed by atoms with Gasteiger partial charge < -0.3 is 19.7 Å². The van der Waals surface area contributed by atoms with Crippen molar-refractivity contribution >= 4 is 17.6 Å². The van der Waals surface area contributed by atoms with Crippen LogP contribution in [0.3, 0.4) is 0 Å². The topological polar surface area (TPSA) is 67.9 Å². The molecule has 0 saturated carbocycles. The van der Waals surface area contributed by atoms with Gasteiger partial charge in [0.05, 0.1) is 25.8 Å². The first kappa shape index (κ1) is 14.2. The third kappa shape index (κ3) is 3.20. The van der Waals surface area contributed by atoms with Crippen LogP contribution in [0.2, 0.25) is 0 Å². The summed E-state index contributed by atoms with van der Waals surface area (Å²) in [7, 11) is 3.28. The minimum Gasteiger partial charge on any atom is -0.490 e. The molecule has 1 aliphatic rings. The number of hydrogen-bond acceptors (Lipinski definition) is 5. The van der Waals surface area contributed by atoms with Gasteiger partial charge in [0.1, 0.15) is 12.4 Å². The van der Waals surface area contributed by atoms with Gasteiger partial charge in [-0.3, -0.25) is 9.59 Å². The Kier molecular flexibility index (Phi) is 4.45. The van der Waals surface area contributed by atoms with Crippen molar-refractivity contribution in [3.8, 4) is 5.75 Å². The number of esters is 1. The van der Waals surface area contributed by atoms with Crippen molar-refractivity contribution in [3.05, 3.63) is 23.8 Å². The van der Waals surface area contributed by atoms with Gasteiger partial charge in [0.15, 0.2) is 0 Å². The smallest absolute Gasteiger partial charge is 0.307 e. The van der Waals surface area contributed by atoms with Crippen LogP contribution in [0.5, 0.6) is 5.75 Å². The van der Waals surface area contributed by atoms with E-state index in [1.54, 1.807) is 18.2 Å². The summed E-state index contributed by atoms with van der Waals surface area (Å²) in [6.45, 7) is 1.70. The fourth-order valence-corrected chi connectivity index (χ4v) is 1.97. The lowest BCUT2D eigenvalue weighted by molar-refractivity contribution is -0.140. The van der Waals surface area contributed by atoms with Crippen LogP contribution in [0.15, 0.2) is 18.2 Å². The Morgan fingerprint density at radius 3 is 3.00 bits per heavy atom. The van der Waals surface area contributed by atoms with Gasteiger partial charge in [-0.1, -0.05) is 0 Å². The molecule has 20 heavy (non-hydrogen) atoms. The molecule has 0 saturated heterocycles. The SMILES string of the molecule is COC(=O)CCNC(=O)c1ccc2c(c1)N(C)CCO2. The molecule has 1 aromatic carbocycles. The summed E-state index contributed by atoms with van der Waals surface area (Å²) in [4.78, 5) is 25.0. The van der Waals surface area contributed by atoms with E-state index in [1.165, 1.54) is 7.11 Å². The van der Waals surface area contributed by atoms with Gasteiger partial charge in [-0.15, -0.1) is 0 Å². The molecule has 0 spiro atoms. The van der Waals surface area contributed by atoms with E-state index in [9.17, 15) is 9.59 Å². The maximum absolute atomic E-state index is 12.0. The summed E-state index contributed by atoms with van der Waals surface area (Å²) in [5.41, 5.74) is 1.45. The monoisotopic (exact) mass is 278 g/mol. The number of nitrogens with zero attached hydrogens (tertiary/aromatic N) is 1. The molecule has 1 amide bonds. The van der Waals surface area contributed by atoms with Gasteiger partial charge in [0.2, 0.25) is 0 Å². The summed E-state index contributed by atoms with van der Waals surface area (Å²) in [5, 5.41) is 2.69. The van der Waals surface area contributed by atoms with E-state index in [-0.39, 0.29) is 24.8 Å². The maximum Gasteiger partial charge on any atom is 0.307 e. The second-order valence-corrected chi connectivity index (χ2v) is 4.53. The lowest BCUT2D eigenvalue weighted by Gasteiger charge is -2.27. The number of benzene rings is 1. The van der Waals surface area contributed by atoms with Crippen molar-refractivity contribution in [2.24, 2.45) is 0 Å². The Morgan fingerprint density at radius 1 is 1.45 bits per heavy atom. The van der Waals surface area contributed by atoms with Crippen molar-refractivity contribution < 1.29 is 19.1 Å². The van der Waals surface area contributed by atoms with Crippen molar-refractivity contribution in [3.63, 3.8) is 0 Å². The number of amides is 1. The number of ether oxygens (including phenoxy) is 2. The molecule has 1 aliphatic heterocycles. The van der Waals surface area contributed by atoms with Gasteiger partial charge in [-0.2, -0.15) is 0 Å². The summed E-state index contributed by atoms with van der Waals surface area (Å²) >= 11 is 0. The summed E-state index contributed by atoms with van der Waals surface area (Å²) in [5.74, 6) is 0.226. The predicted molar refractivity (Wildman–Crippen MR) is 74.2 cm³/mol. The van der Waals surface area contributed by atoms with Crippen molar-refractivity contribution in [1.29, 1.82) is 0 Å². The van der Waals surface area contributed by atoms with E-state index in [0.717, 1.165) is 18.0 Å². The molecule has 0 radical (unpaired) electrons. The van der Waals surface area contributed by atoms with Crippen LogP contribution in [-0.2, 0) is 9.53 Å². The minimum atomic E-state index is -0.344. The molecule has 0 atom stereocenters. The fourth-order valence-electron chi connectivity index (χ4n) is 1.97. The van der Waals surface area contributed by atoms with Crippen molar-refractivity contribution in [2.75, 3.05) is 38.8 Å². The largest absolute Gasteiger partial charge is 0.490 e. The van der Waals surface area contributed by atoms with Crippen molar-refractivity contribution in [2.45, 2.75) is 6.42 Å². The van der Waals surface area contributed by atoms with E-state index in [4.69, 9.17) is 4.74 Å². The zero-order valence-corrected chi connectivity index (χ0v) is 11.6. The molecule has 6 nitrogen and oxygen atoms in total. The Morgan fingerprint density at radius 2 is 2.25 bits per heavy atom. The standard InChI is InChI=1S/C14H18N2O4/c1-16-7-8-20-12-4-3-10(9-11(12)16)14(18)15-6-5-13(17)19-2/h3-4,9H,5-8H2,1-2H3,(H,15,18). The molecule has 0 fully saturated rings. The highest BCUT2D eigenvalue weighted by Crippen LogP contribution is 2.31. The van der Waals surface area contributed by atoms with Crippen LogP contribution >= 0.6 is 0 Å². The molecular weight excluding hydrogens is 260 g/mol. The number of nitrogens with one attached hydrogen (secondary N) is 1. The molecule has 0 unspecified atom stereocenters. The van der Waals surface area contributed by atoms with E-state index < -0.39 is 0 Å². The molecule has 6 heteroatoms. The van der Waals surface area contributed by atoms with Crippen LogP contribution in [0.4, 0.5) is 5.69 Å². The third-order valence-electron chi connectivity index (χ3n) is 3.16. The predicted octanol–water partition coefficient (Wildman–Crippen LogP) is 0.808. The number of hydrogen-bond donors (Lipinski definition) is 1. The highest BCUT2D eigenvalue weighted by Gasteiger charge is 2.17. The zero-order valence-electron chi connectivity index (χ0n) is 11.6. The van der Waals surface area contributed by atoms with Crippen LogP contribution in [0, 0.1) is 0 Å². The molecule has 0 aliphatic carbocycles. The second kappa shape index (κ2) is 6.27. The molecule has 1 N–H and O–H groups in total. The summed E-state index contributed by atoms with van der Waals surface area (Å²) < 4.78 is 10.0. The highest BCUT2D eigenvalue weighted by molar-refractivity contribution is 5.95. The highest BCUT2D eigenvalue weighted by atomic mass is 16.5. The van der Waals surface area contributed by atoms with Gasteiger partial charge in [0, 0.05) is 19.2 Å². The molecule has 2 rings (SSSR count). The molecule has 1 aromatic rings.